The SMILES string of the molecule is Cc1ccc(S(=O)(=O)[O-])cc1.OC1C[N+]2(Cc3ccccc3I)CCC1CC2. The standard InChI is InChI=1S/C14H19INO.C7H8O3S/c15-13-4-2-1-3-12(13)9-16-7-5-11(6-8-16)14(17)10-16;1-6-2-4-7(5-3-6)11(8,9)10/h1-4,11,14,17H,5-10H2;2-5H,1H3,(H,8,9,10)/q+1;/p-1. The van der Waals surface area contributed by atoms with Gasteiger partial charge in [-0.25, -0.2) is 8.42 Å². The minimum atomic E-state index is -4.27. The zero-order valence-electron chi connectivity index (χ0n) is 15.9. The molecule has 2 aromatic carbocycles. The fourth-order valence-corrected chi connectivity index (χ4v) is 5.19. The normalized spacial score (nSPS) is 26.4. The lowest BCUT2D eigenvalue weighted by atomic mass is 9.83. The van der Waals surface area contributed by atoms with Gasteiger partial charge in [-0.15, -0.1) is 0 Å². The van der Waals surface area contributed by atoms with E-state index in [1.165, 1.54) is 47.2 Å². The van der Waals surface area contributed by atoms with Crippen LogP contribution in [0.4, 0.5) is 0 Å². The van der Waals surface area contributed by atoms with Crippen LogP contribution in [0.2, 0.25) is 0 Å². The summed E-state index contributed by atoms with van der Waals surface area (Å²) in [5.41, 5.74) is 2.37. The number of halogens is 1. The van der Waals surface area contributed by atoms with E-state index in [0.717, 1.165) is 23.1 Å². The summed E-state index contributed by atoms with van der Waals surface area (Å²) < 4.78 is 33.6. The summed E-state index contributed by atoms with van der Waals surface area (Å²) in [4.78, 5) is -0.178. The van der Waals surface area contributed by atoms with Crippen molar-refractivity contribution in [2.75, 3.05) is 19.6 Å². The van der Waals surface area contributed by atoms with Crippen molar-refractivity contribution in [2.45, 2.75) is 37.3 Å². The summed E-state index contributed by atoms with van der Waals surface area (Å²) in [5, 5.41) is 10.1. The molecule has 2 bridgehead atoms. The number of hydrogen-bond acceptors (Lipinski definition) is 4. The number of nitrogens with zero attached hydrogens (tertiary/aromatic N) is 1. The Morgan fingerprint density at radius 2 is 1.71 bits per heavy atom. The van der Waals surface area contributed by atoms with Gasteiger partial charge in [0, 0.05) is 27.9 Å². The Kier molecular flexibility index (Phi) is 6.81. The zero-order valence-corrected chi connectivity index (χ0v) is 18.9. The topological polar surface area (TPSA) is 77.4 Å². The van der Waals surface area contributed by atoms with Crippen LogP contribution in [0.1, 0.15) is 24.0 Å². The van der Waals surface area contributed by atoms with Crippen molar-refractivity contribution in [3.05, 3.63) is 63.2 Å². The predicted molar refractivity (Wildman–Crippen MR) is 116 cm³/mol. The Balaban J connectivity index is 0.000000178. The van der Waals surface area contributed by atoms with E-state index in [4.69, 9.17) is 0 Å². The molecule has 2 aromatic rings. The minimum Gasteiger partial charge on any atom is -0.744 e. The van der Waals surface area contributed by atoms with Gasteiger partial charge < -0.3 is 14.1 Å². The molecule has 3 fully saturated rings. The third-order valence-electron chi connectivity index (χ3n) is 5.84. The maximum atomic E-state index is 10.4. The molecule has 1 N–H and O–H groups in total. The lowest BCUT2D eigenvalue weighted by Crippen LogP contribution is -2.63. The highest BCUT2D eigenvalue weighted by molar-refractivity contribution is 14.1. The molecule has 0 saturated carbocycles. The van der Waals surface area contributed by atoms with Gasteiger partial charge in [0.15, 0.2) is 0 Å². The number of piperidine rings is 3. The third kappa shape index (κ3) is 5.33. The quantitative estimate of drug-likeness (QED) is 0.387. The molecule has 0 aromatic heterocycles. The molecular weight excluding hydrogens is 489 g/mol. The van der Waals surface area contributed by atoms with Crippen molar-refractivity contribution in [1.82, 2.24) is 0 Å². The number of fused-ring (bicyclic) bond motifs is 3. The molecule has 0 spiro atoms. The predicted octanol–water partition coefficient (Wildman–Crippen LogP) is 3.29. The van der Waals surface area contributed by atoms with E-state index < -0.39 is 10.1 Å². The van der Waals surface area contributed by atoms with Gasteiger partial charge in [-0.05, 0) is 47.7 Å². The second-order valence-electron chi connectivity index (χ2n) is 7.89. The molecule has 28 heavy (non-hydrogen) atoms. The Labute approximate surface area is 180 Å². The molecule has 5 rings (SSSR count). The third-order valence-corrected chi connectivity index (χ3v) is 7.74. The van der Waals surface area contributed by atoms with Crippen LogP contribution in [-0.2, 0) is 16.7 Å². The van der Waals surface area contributed by atoms with Gasteiger partial charge in [0.05, 0.1) is 18.0 Å². The molecule has 3 aliphatic heterocycles. The van der Waals surface area contributed by atoms with Crippen LogP contribution in [0.5, 0.6) is 0 Å². The Morgan fingerprint density at radius 1 is 1.11 bits per heavy atom. The molecule has 0 aliphatic carbocycles. The molecule has 5 nitrogen and oxygen atoms in total. The van der Waals surface area contributed by atoms with Crippen LogP contribution in [0, 0.1) is 16.4 Å². The molecule has 3 aliphatic rings. The summed E-state index contributed by atoms with van der Waals surface area (Å²) in [6.45, 7) is 6.40. The van der Waals surface area contributed by atoms with Crippen LogP contribution in [-0.4, -0.2) is 48.3 Å². The first-order valence-electron chi connectivity index (χ1n) is 9.48. The number of aryl methyl sites for hydroxylation is 1. The molecule has 3 heterocycles. The van der Waals surface area contributed by atoms with Gasteiger partial charge in [-0.3, -0.25) is 0 Å². The Bertz CT molecular complexity index is 906. The van der Waals surface area contributed by atoms with Gasteiger partial charge >= 0.3 is 0 Å². The van der Waals surface area contributed by atoms with E-state index in [9.17, 15) is 18.1 Å². The van der Waals surface area contributed by atoms with Gasteiger partial charge in [-0.2, -0.15) is 0 Å². The first-order chi connectivity index (χ1) is 13.2. The fourth-order valence-electron chi connectivity index (χ4n) is 4.16. The van der Waals surface area contributed by atoms with Gasteiger partial charge in [0.1, 0.15) is 29.3 Å². The molecule has 152 valence electrons. The largest absolute Gasteiger partial charge is 0.744 e. The number of hydrogen-bond donors (Lipinski definition) is 1. The van der Waals surface area contributed by atoms with Crippen molar-refractivity contribution < 1.29 is 22.6 Å². The first kappa shape index (κ1) is 21.7. The maximum Gasteiger partial charge on any atom is 0.124 e. The average Bonchev–Trinajstić information content (AvgIpc) is 2.64. The van der Waals surface area contributed by atoms with Gasteiger partial charge in [-0.1, -0.05) is 35.9 Å². The summed E-state index contributed by atoms with van der Waals surface area (Å²) in [6.07, 6.45) is 2.37. The van der Waals surface area contributed by atoms with Crippen LogP contribution in [0.15, 0.2) is 53.4 Å². The Hall–Kier alpha value is -1.000. The van der Waals surface area contributed by atoms with Crippen molar-refractivity contribution in [3.63, 3.8) is 0 Å². The van der Waals surface area contributed by atoms with Gasteiger partial charge in [0.25, 0.3) is 0 Å². The van der Waals surface area contributed by atoms with Crippen LogP contribution >= 0.6 is 22.6 Å². The monoisotopic (exact) mass is 515 g/mol. The lowest BCUT2D eigenvalue weighted by Gasteiger charge is -2.51. The van der Waals surface area contributed by atoms with Crippen molar-refractivity contribution >= 4 is 32.7 Å². The molecule has 7 heteroatoms. The molecule has 0 amide bonds. The highest BCUT2D eigenvalue weighted by Crippen LogP contribution is 2.35. The number of aliphatic hydroxyl groups excluding tert-OH is 1. The summed E-state index contributed by atoms with van der Waals surface area (Å²) in [5.74, 6) is 0.588. The molecule has 0 radical (unpaired) electrons. The van der Waals surface area contributed by atoms with E-state index in [1.807, 2.05) is 6.92 Å². The second kappa shape index (κ2) is 8.79. The van der Waals surface area contributed by atoms with Crippen molar-refractivity contribution in [3.8, 4) is 0 Å². The summed E-state index contributed by atoms with van der Waals surface area (Å²) >= 11 is 2.43. The number of rotatable bonds is 3. The van der Waals surface area contributed by atoms with E-state index >= 15 is 0 Å². The minimum absolute atomic E-state index is 0.0566. The molecule has 1 unspecified atom stereocenters. The van der Waals surface area contributed by atoms with Crippen LogP contribution < -0.4 is 0 Å². The molecular formula is C21H26INO4S. The number of aliphatic hydroxyl groups is 1. The fraction of sp³-hybridized carbons (Fsp3) is 0.429. The average molecular weight is 515 g/mol. The van der Waals surface area contributed by atoms with Crippen LogP contribution in [0.25, 0.3) is 0 Å². The van der Waals surface area contributed by atoms with E-state index in [0.29, 0.717) is 5.92 Å². The maximum absolute atomic E-state index is 10.4. The Morgan fingerprint density at radius 3 is 2.25 bits per heavy atom. The van der Waals surface area contributed by atoms with E-state index in [-0.39, 0.29) is 11.0 Å². The summed E-state index contributed by atoms with van der Waals surface area (Å²) in [7, 11) is -4.27. The highest BCUT2D eigenvalue weighted by atomic mass is 127. The first-order valence-corrected chi connectivity index (χ1v) is 12.0. The zero-order chi connectivity index (χ0) is 20.4. The number of quaternary nitrogens is 1. The number of benzene rings is 2. The lowest BCUT2D eigenvalue weighted by molar-refractivity contribution is -0.958. The summed E-state index contributed by atoms with van der Waals surface area (Å²) in [6, 6.07) is 14.4. The van der Waals surface area contributed by atoms with Crippen molar-refractivity contribution in [2.24, 2.45) is 5.92 Å². The highest BCUT2D eigenvalue weighted by Gasteiger charge is 2.45. The smallest absolute Gasteiger partial charge is 0.124 e. The van der Waals surface area contributed by atoms with E-state index in [2.05, 4.69) is 46.9 Å². The van der Waals surface area contributed by atoms with E-state index in [1.54, 1.807) is 12.1 Å². The molecule has 1 atom stereocenters. The van der Waals surface area contributed by atoms with Gasteiger partial charge in [0.2, 0.25) is 0 Å². The molecule has 3 saturated heterocycles. The van der Waals surface area contributed by atoms with Crippen LogP contribution in [0.3, 0.4) is 0 Å². The van der Waals surface area contributed by atoms with Crippen molar-refractivity contribution in [1.29, 1.82) is 0 Å². The second-order valence-corrected chi connectivity index (χ2v) is 10.4.